The van der Waals surface area contributed by atoms with E-state index >= 15 is 0 Å². The molecule has 7 heteroatoms. The van der Waals surface area contributed by atoms with Gasteiger partial charge in [-0.1, -0.05) is 71.1 Å². The Bertz CT molecular complexity index is 297. The third-order valence-electron chi connectivity index (χ3n) is 3.81. The fraction of sp³-hybridized carbons (Fsp3) is 0.938. The molecular weight excluding hydrogens is 325 g/mol. The monoisotopic (exact) mass is 351 g/mol. The number of rotatable bonds is 13. The van der Waals surface area contributed by atoms with Crippen LogP contribution < -0.4 is 0 Å². The summed E-state index contributed by atoms with van der Waals surface area (Å²) in [6.45, 7) is 3.74. The first-order valence-electron chi connectivity index (χ1n) is 8.18. The van der Waals surface area contributed by atoms with Crippen molar-refractivity contribution in [3.63, 3.8) is 0 Å². The van der Waals surface area contributed by atoms with Crippen LogP contribution in [0.25, 0.3) is 0 Å². The summed E-state index contributed by atoms with van der Waals surface area (Å²) in [7, 11) is 0. The largest absolute Gasteiger partial charge is 0.459 e. The minimum atomic E-state index is -6.22. The molecule has 0 rings (SSSR count). The molecule has 0 aliphatic rings. The van der Waals surface area contributed by atoms with E-state index in [0.717, 1.165) is 51.4 Å². The first-order valence-corrected chi connectivity index (χ1v) is 8.18. The molecular formula is C16H26F7. The summed E-state index contributed by atoms with van der Waals surface area (Å²) < 4.78 is 87.0. The van der Waals surface area contributed by atoms with Crippen LogP contribution in [0.1, 0.15) is 77.0 Å². The van der Waals surface area contributed by atoms with Crippen molar-refractivity contribution in [3.05, 3.63) is 6.92 Å². The second kappa shape index (κ2) is 10.4. The van der Waals surface area contributed by atoms with Crippen LogP contribution in [0.5, 0.6) is 0 Å². The third-order valence-corrected chi connectivity index (χ3v) is 3.81. The van der Waals surface area contributed by atoms with Crippen molar-refractivity contribution in [1.29, 1.82) is 0 Å². The van der Waals surface area contributed by atoms with Crippen LogP contribution in [0.3, 0.4) is 0 Å². The molecule has 0 aromatic rings. The normalized spacial score (nSPS) is 13.6. The number of alkyl halides is 7. The molecule has 1 radical (unpaired) electrons. The first kappa shape index (κ1) is 22.5. The van der Waals surface area contributed by atoms with Gasteiger partial charge in [0.05, 0.1) is 0 Å². The molecule has 0 aliphatic carbocycles. The Hall–Kier alpha value is -0.490. The summed E-state index contributed by atoms with van der Waals surface area (Å²) in [5, 5.41) is 0. The Morgan fingerprint density at radius 1 is 0.522 bits per heavy atom. The second-order valence-corrected chi connectivity index (χ2v) is 5.92. The maximum Gasteiger partial charge on any atom is 0.459 e. The van der Waals surface area contributed by atoms with E-state index in [9.17, 15) is 30.7 Å². The summed E-state index contributed by atoms with van der Waals surface area (Å²) >= 11 is 0. The summed E-state index contributed by atoms with van der Waals surface area (Å²) in [5.41, 5.74) is 0. The summed E-state index contributed by atoms with van der Waals surface area (Å²) in [6.07, 6.45) is 0.981. The van der Waals surface area contributed by atoms with E-state index in [4.69, 9.17) is 0 Å². The van der Waals surface area contributed by atoms with Gasteiger partial charge in [0.25, 0.3) is 0 Å². The Morgan fingerprint density at radius 2 is 0.870 bits per heavy atom. The van der Waals surface area contributed by atoms with Crippen LogP contribution in [0.2, 0.25) is 0 Å². The number of hydrogen-bond donors (Lipinski definition) is 0. The molecule has 0 spiro atoms. The minimum absolute atomic E-state index is 0.241. The van der Waals surface area contributed by atoms with Crippen molar-refractivity contribution in [2.75, 3.05) is 0 Å². The van der Waals surface area contributed by atoms with Crippen molar-refractivity contribution >= 4 is 0 Å². The highest BCUT2D eigenvalue weighted by Gasteiger charge is 2.72. The average Bonchev–Trinajstić information content (AvgIpc) is 2.43. The zero-order chi connectivity index (χ0) is 18.0. The molecule has 0 bridgehead atoms. The van der Waals surface area contributed by atoms with Gasteiger partial charge in [-0.15, -0.1) is 0 Å². The molecule has 0 nitrogen and oxygen atoms in total. The molecule has 0 heterocycles. The Morgan fingerprint density at radius 3 is 1.22 bits per heavy atom. The van der Waals surface area contributed by atoms with Crippen LogP contribution in [0.4, 0.5) is 30.7 Å². The van der Waals surface area contributed by atoms with Gasteiger partial charge in [-0.3, -0.25) is 0 Å². The highest BCUT2D eigenvalue weighted by atomic mass is 19.4. The van der Waals surface area contributed by atoms with Gasteiger partial charge in [-0.05, 0) is 6.42 Å². The smallest absolute Gasteiger partial charge is 0.200 e. The molecule has 0 aromatic carbocycles. The molecule has 0 atom stereocenters. The molecule has 23 heavy (non-hydrogen) atoms. The van der Waals surface area contributed by atoms with E-state index in [1.807, 2.05) is 0 Å². The molecule has 0 N–H and O–H groups in total. The molecule has 139 valence electrons. The standard InChI is InChI=1S/C16H26F7/c1-2-3-4-5-6-7-8-9-10-11-12-13-14(17,18)15(19,20)16(21,22)23/h1-13H2. The molecule has 0 fully saturated rings. The van der Waals surface area contributed by atoms with E-state index in [1.165, 1.54) is 0 Å². The number of hydrogen-bond acceptors (Lipinski definition) is 0. The molecule has 0 aliphatic heterocycles. The average molecular weight is 351 g/mol. The van der Waals surface area contributed by atoms with Gasteiger partial charge in [0.1, 0.15) is 0 Å². The predicted octanol–water partition coefficient (Wildman–Crippen LogP) is 7.33. The zero-order valence-corrected chi connectivity index (χ0v) is 13.3. The Balaban J connectivity index is 3.72. The fourth-order valence-electron chi connectivity index (χ4n) is 2.30. The lowest BCUT2D eigenvalue weighted by Crippen LogP contribution is -2.51. The van der Waals surface area contributed by atoms with Crippen LogP contribution in [-0.2, 0) is 0 Å². The third kappa shape index (κ3) is 8.25. The van der Waals surface area contributed by atoms with Gasteiger partial charge in [0, 0.05) is 6.42 Å². The molecule has 0 aromatic heterocycles. The van der Waals surface area contributed by atoms with Gasteiger partial charge in [0.2, 0.25) is 0 Å². The molecule has 0 amide bonds. The van der Waals surface area contributed by atoms with Gasteiger partial charge in [-0.2, -0.15) is 30.7 Å². The summed E-state index contributed by atoms with van der Waals surface area (Å²) in [5.74, 6) is -11.0. The molecule has 0 saturated carbocycles. The highest BCUT2D eigenvalue weighted by Crippen LogP contribution is 2.48. The Labute approximate surface area is 133 Å². The molecule has 0 unspecified atom stereocenters. The number of halogens is 7. The van der Waals surface area contributed by atoms with Crippen LogP contribution in [0.15, 0.2) is 0 Å². The first-order chi connectivity index (χ1) is 10.6. The van der Waals surface area contributed by atoms with Gasteiger partial charge < -0.3 is 0 Å². The van der Waals surface area contributed by atoms with Crippen molar-refractivity contribution in [2.45, 2.75) is 95.1 Å². The highest BCUT2D eigenvalue weighted by molar-refractivity contribution is 4.90. The summed E-state index contributed by atoms with van der Waals surface area (Å²) in [6, 6.07) is 0. The SMILES string of the molecule is [CH2]CCCCCCCCCCCCC(F)(F)C(F)(F)C(F)(F)F. The van der Waals surface area contributed by atoms with Crippen molar-refractivity contribution in [2.24, 2.45) is 0 Å². The van der Waals surface area contributed by atoms with Crippen LogP contribution >= 0.6 is 0 Å². The molecule has 0 saturated heterocycles. The summed E-state index contributed by atoms with van der Waals surface area (Å²) in [4.78, 5) is 0. The predicted molar refractivity (Wildman–Crippen MR) is 76.7 cm³/mol. The van der Waals surface area contributed by atoms with Crippen molar-refractivity contribution < 1.29 is 30.7 Å². The quantitative estimate of drug-likeness (QED) is 0.241. The van der Waals surface area contributed by atoms with Gasteiger partial charge in [0.15, 0.2) is 0 Å². The van der Waals surface area contributed by atoms with Crippen LogP contribution in [0, 0.1) is 6.92 Å². The fourth-order valence-corrected chi connectivity index (χ4v) is 2.30. The topological polar surface area (TPSA) is 0 Å². The second-order valence-electron chi connectivity index (χ2n) is 5.92. The van der Waals surface area contributed by atoms with Crippen molar-refractivity contribution in [1.82, 2.24) is 0 Å². The van der Waals surface area contributed by atoms with E-state index in [0.29, 0.717) is 6.42 Å². The van der Waals surface area contributed by atoms with E-state index in [1.54, 1.807) is 0 Å². The maximum atomic E-state index is 13.0. The number of unbranched alkanes of at least 4 members (excludes halogenated alkanes) is 10. The van der Waals surface area contributed by atoms with E-state index < -0.39 is 24.4 Å². The minimum Gasteiger partial charge on any atom is -0.200 e. The lowest BCUT2D eigenvalue weighted by Gasteiger charge is -2.28. The Kier molecular flexibility index (Phi) is 10.2. The lowest BCUT2D eigenvalue weighted by molar-refractivity contribution is -0.355. The van der Waals surface area contributed by atoms with Crippen LogP contribution in [-0.4, -0.2) is 18.0 Å². The van der Waals surface area contributed by atoms with Crippen molar-refractivity contribution in [3.8, 4) is 0 Å². The lowest BCUT2D eigenvalue weighted by atomic mass is 10.0. The van der Waals surface area contributed by atoms with Gasteiger partial charge in [-0.25, -0.2) is 0 Å². The van der Waals surface area contributed by atoms with Gasteiger partial charge >= 0.3 is 18.0 Å². The van der Waals surface area contributed by atoms with E-state index in [2.05, 4.69) is 6.92 Å². The maximum absolute atomic E-state index is 13.0. The van der Waals surface area contributed by atoms with E-state index in [-0.39, 0.29) is 12.8 Å². The zero-order valence-electron chi connectivity index (χ0n) is 13.3.